The number of aryl methyl sites for hydroxylation is 2. The Kier molecular flexibility index (Phi) is 6.39. The van der Waals surface area contributed by atoms with Gasteiger partial charge < -0.3 is 19.9 Å². The van der Waals surface area contributed by atoms with Crippen LogP contribution < -0.4 is 30.5 Å². The molecule has 0 fully saturated rings. The van der Waals surface area contributed by atoms with Crippen LogP contribution in [0.5, 0.6) is 0 Å². The summed E-state index contributed by atoms with van der Waals surface area (Å²) >= 11 is 0. The largest absolute Gasteiger partial charge is 0.355 e. The number of hydrogen-bond donors (Lipinski definition) is 4. The molecule has 6 nitrogen and oxygen atoms in total. The minimum atomic E-state index is 0.890. The third-order valence-electron chi connectivity index (χ3n) is 8.36. The summed E-state index contributed by atoms with van der Waals surface area (Å²) in [5.74, 6) is 0. The van der Waals surface area contributed by atoms with Gasteiger partial charge in [0.2, 0.25) is 0 Å². The molecule has 0 saturated carbocycles. The summed E-state index contributed by atoms with van der Waals surface area (Å²) in [6, 6.07) is 26.4. The predicted molar refractivity (Wildman–Crippen MR) is 166 cm³/mol. The highest BCUT2D eigenvalue weighted by Crippen LogP contribution is 2.24. The number of aromatic nitrogens is 6. The van der Waals surface area contributed by atoms with Crippen LogP contribution in [0.15, 0.2) is 97.6 Å². The zero-order chi connectivity index (χ0) is 28.8. The van der Waals surface area contributed by atoms with E-state index in [1.807, 2.05) is 14.1 Å². The second-order valence-corrected chi connectivity index (χ2v) is 11.1. The average Bonchev–Trinajstić information content (AvgIpc) is 3.82. The van der Waals surface area contributed by atoms with Gasteiger partial charge in [-0.3, -0.25) is 0 Å². The van der Waals surface area contributed by atoms with Gasteiger partial charge in [0, 0.05) is 79.6 Å². The summed E-state index contributed by atoms with van der Waals surface area (Å²) in [5, 5.41) is 4.41. The van der Waals surface area contributed by atoms with Crippen molar-refractivity contribution in [1.82, 2.24) is 19.9 Å². The van der Waals surface area contributed by atoms with Crippen molar-refractivity contribution in [2.45, 2.75) is 26.7 Å². The summed E-state index contributed by atoms with van der Waals surface area (Å²) in [7, 11) is 4.10. The minimum Gasteiger partial charge on any atom is -0.355 e. The maximum atomic E-state index is 3.79. The number of H-pyrrole nitrogens is 4. The van der Waals surface area contributed by atoms with E-state index in [9.17, 15) is 0 Å². The molecule has 6 heteroatoms. The van der Waals surface area contributed by atoms with Gasteiger partial charge in [-0.05, 0) is 83.6 Å². The van der Waals surface area contributed by atoms with E-state index in [2.05, 4.69) is 141 Å². The summed E-state index contributed by atoms with van der Waals surface area (Å²) in [6.07, 6.45) is 10.2. The van der Waals surface area contributed by atoms with Gasteiger partial charge in [-0.2, -0.15) is 0 Å². The van der Waals surface area contributed by atoms with Crippen LogP contribution in [0.2, 0.25) is 0 Å². The number of aromatic amines is 4. The molecule has 0 amide bonds. The Morgan fingerprint density at radius 1 is 0.429 bits per heavy atom. The lowest BCUT2D eigenvalue weighted by Gasteiger charge is -2.07. The normalized spacial score (nSPS) is 13.2. The third-order valence-corrected chi connectivity index (χ3v) is 8.36. The van der Waals surface area contributed by atoms with Crippen LogP contribution in [0.1, 0.15) is 60.6 Å². The highest BCUT2D eigenvalue weighted by Gasteiger charge is 2.16. The molecular weight excluding hydrogens is 516 g/mol. The van der Waals surface area contributed by atoms with Crippen LogP contribution in [-0.2, 0) is 14.1 Å². The number of nitrogens with zero attached hydrogens (tertiary/aromatic N) is 2. The van der Waals surface area contributed by atoms with E-state index in [0.29, 0.717) is 0 Å². The Hall–Kier alpha value is -5.10. The molecule has 8 bridgehead atoms. The molecule has 4 N–H and O–H groups in total. The van der Waals surface area contributed by atoms with Crippen LogP contribution in [-0.4, -0.2) is 19.9 Å². The maximum Gasteiger partial charge on any atom is 0.169 e. The Labute approximate surface area is 244 Å². The summed E-state index contributed by atoms with van der Waals surface area (Å²) in [4.78, 5) is 15.2. The zero-order valence-electron chi connectivity index (χ0n) is 24.5. The molecule has 208 valence electrons. The molecule has 0 radical (unpaired) electrons. The molecule has 42 heavy (non-hydrogen) atoms. The van der Waals surface area contributed by atoms with Crippen molar-refractivity contribution in [2.24, 2.45) is 14.1 Å². The fourth-order valence-corrected chi connectivity index (χ4v) is 6.17. The van der Waals surface area contributed by atoms with Gasteiger partial charge in [-0.1, -0.05) is 13.8 Å². The first-order chi connectivity index (χ1) is 20.5. The lowest BCUT2D eigenvalue weighted by atomic mass is 10.0. The van der Waals surface area contributed by atoms with Crippen LogP contribution in [0.25, 0.3) is 22.3 Å². The lowest BCUT2D eigenvalue weighted by molar-refractivity contribution is -0.671. The van der Waals surface area contributed by atoms with Gasteiger partial charge in [0.25, 0.3) is 0 Å². The second kappa shape index (κ2) is 10.4. The average molecular weight is 553 g/mol. The molecule has 7 rings (SSSR count). The van der Waals surface area contributed by atoms with Crippen molar-refractivity contribution in [3.8, 4) is 0 Å². The van der Waals surface area contributed by atoms with Crippen LogP contribution in [0.3, 0.4) is 0 Å². The highest BCUT2D eigenvalue weighted by molar-refractivity contribution is 5.80. The minimum absolute atomic E-state index is 0.890. The zero-order valence-corrected chi connectivity index (χ0v) is 24.5. The molecule has 0 aromatic carbocycles. The van der Waals surface area contributed by atoms with E-state index in [-0.39, 0.29) is 0 Å². The summed E-state index contributed by atoms with van der Waals surface area (Å²) < 4.78 is 4.14. The van der Waals surface area contributed by atoms with Gasteiger partial charge in [0.05, 0.1) is 0 Å². The van der Waals surface area contributed by atoms with Crippen molar-refractivity contribution in [2.75, 3.05) is 0 Å². The van der Waals surface area contributed by atoms with Crippen molar-refractivity contribution >= 4 is 22.3 Å². The highest BCUT2D eigenvalue weighted by atomic mass is 14.9. The Morgan fingerprint density at radius 3 is 1.17 bits per heavy atom. The van der Waals surface area contributed by atoms with Crippen LogP contribution in [0.4, 0.5) is 0 Å². The van der Waals surface area contributed by atoms with Gasteiger partial charge in [0.1, 0.15) is 14.1 Å². The van der Waals surface area contributed by atoms with Crippen molar-refractivity contribution in [1.29, 1.82) is 0 Å². The lowest BCUT2D eigenvalue weighted by Crippen LogP contribution is -2.26. The fraction of sp³-hybridized carbons (Fsp3) is 0.167. The monoisotopic (exact) mass is 552 g/mol. The van der Waals surface area contributed by atoms with Gasteiger partial charge in [-0.15, -0.1) is 0 Å². The third kappa shape index (κ3) is 4.45. The number of fused-ring (bicyclic) bond motifs is 8. The summed E-state index contributed by atoms with van der Waals surface area (Å²) in [6.45, 7) is 4.43. The maximum absolute atomic E-state index is 3.79. The van der Waals surface area contributed by atoms with E-state index in [1.165, 1.54) is 11.1 Å². The standard InChI is InChI=1S/C36H34N6/c1-5-25-27-7-11-31(37-27)35(23-15-19-41(3)20-16-23)33-13-9-29(39-33)26(6-2)30-10-14-34(40-30)36(32-12-8-28(25)38-32)24-17-21-42(4)22-18-24/h7-22H,5-6H2,1-4H3,(H2,37,38,39,40)/p+2. The first-order valence-electron chi connectivity index (χ1n) is 14.7. The number of rotatable bonds is 4. The molecule has 1 aliphatic rings. The van der Waals surface area contributed by atoms with Crippen molar-refractivity contribution in [3.63, 3.8) is 0 Å². The molecule has 0 spiro atoms. The first kappa shape index (κ1) is 25.8. The van der Waals surface area contributed by atoms with E-state index < -0.39 is 0 Å². The van der Waals surface area contributed by atoms with Crippen molar-refractivity contribution in [3.05, 3.63) is 153 Å². The SMILES string of the molecule is CCC1=c2ccc([nH]2)=C(c2cc[n+](C)cc2)c2ccc([nH]2)C(CC)=c2ccc([nH]2)=C(c2cc[n+](C)cc2)c2ccc1[nH]2. The second-order valence-electron chi connectivity index (χ2n) is 11.1. The molecule has 6 aromatic rings. The molecule has 1 aliphatic heterocycles. The molecule has 0 unspecified atom stereocenters. The Bertz CT molecular complexity index is 2010. The molecular formula is C36H36N6+2. The van der Waals surface area contributed by atoms with Crippen LogP contribution in [0, 0.1) is 0 Å². The smallest absolute Gasteiger partial charge is 0.169 e. The molecule has 0 atom stereocenters. The predicted octanol–water partition coefficient (Wildman–Crippen LogP) is 2.67. The molecule has 7 heterocycles. The topological polar surface area (TPSA) is 70.9 Å². The fourth-order valence-electron chi connectivity index (χ4n) is 6.17. The van der Waals surface area contributed by atoms with Gasteiger partial charge >= 0.3 is 0 Å². The number of hydrogen-bond acceptors (Lipinski definition) is 0. The van der Waals surface area contributed by atoms with E-state index >= 15 is 0 Å². The van der Waals surface area contributed by atoms with E-state index in [1.54, 1.807) is 0 Å². The number of nitrogens with one attached hydrogen (secondary N) is 4. The van der Waals surface area contributed by atoms with E-state index in [4.69, 9.17) is 0 Å². The molecule has 6 aromatic heterocycles. The first-order valence-corrected chi connectivity index (χ1v) is 14.7. The molecule has 0 aliphatic carbocycles. The Balaban J connectivity index is 1.59. The van der Waals surface area contributed by atoms with Gasteiger partial charge in [-0.25, -0.2) is 9.13 Å². The van der Waals surface area contributed by atoms with Gasteiger partial charge in [0.15, 0.2) is 24.8 Å². The summed E-state index contributed by atoms with van der Waals surface area (Å²) in [5.41, 5.74) is 11.5. The van der Waals surface area contributed by atoms with E-state index in [0.717, 1.165) is 79.3 Å². The van der Waals surface area contributed by atoms with Crippen LogP contribution >= 0.6 is 0 Å². The Morgan fingerprint density at radius 2 is 0.786 bits per heavy atom. The molecule has 0 saturated heterocycles. The number of pyridine rings is 2. The van der Waals surface area contributed by atoms with Crippen molar-refractivity contribution < 1.29 is 9.13 Å². The quantitative estimate of drug-likeness (QED) is 0.243.